The van der Waals surface area contributed by atoms with Crippen LogP contribution in [0.25, 0.3) is 0 Å². The van der Waals surface area contributed by atoms with Gasteiger partial charge in [-0.15, -0.1) is 0 Å². The number of nitrogens with zero attached hydrogens (tertiary/aromatic N) is 3. The SMILES string of the molecule is OCCN(Cc1nccn1CC(F)(F)F)c1ccccc1. The van der Waals surface area contributed by atoms with E-state index in [1.54, 1.807) is 4.90 Å². The van der Waals surface area contributed by atoms with E-state index in [1.807, 2.05) is 30.3 Å². The topological polar surface area (TPSA) is 41.3 Å². The van der Waals surface area contributed by atoms with E-state index in [4.69, 9.17) is 5.11 Å². The van der Waals surface area contributed by atoms with Gasteiger partial charge in [0.15, 0.2) is 0 Å². The van der Waals surface area contributed by atoms with Crippen molar-refractivity contribution < 1.29 is 18.3 Å². The summed E-state index contributed by atoms with van der Waals surface area (Å²) in [5.41, 5.74) is 0.827. The number of hydrogen-bond acceptors (Lipinski definition) is 3. The quantitative estimate of drug-likeness (QED) is 0.891. The average Bonchev–Trinajstić information content (AvgIpc) is 2.84. The molecule has 0 spiro atoms. The van der Waals surface area contributed by atoms with Gasteiger partial charge >= 0.3 is 6.18 Å². The van der Waals surface area contributed by atoms with Crippen molar-refractivity contribution in [3.8, 4) is 0 Å². The Morgan fingerprint density at radius 3 is 2.52 bits per heavy atom. The molecule has 0 aliphatic rings. The van der Waals surface area contributed by atoms with Crippen LogP contribution in [-0.4, -0.2) is 34.0 Å². The zero-order valence-electron chi connectivity index (χ0n) is 11.3. The van der Waals surface area contributed by atoms with Crippen LogP contribution in [-0.2, 0) is 13.1 Å². The summed E-state index contributed by atoms with van der Waals surface area (Å²) in [7, 11) is 0. The Morgan fingerprint density at radius 2 is 1.90 bits per heavy atom. The lowest BCUT2D eigenvalue weighted by Crippen LogP contribution is -2.29. The normalized spacial score (nSPS) is 11.6. The number of aliphatic hydroxyl groups excluding tert-OH is 1. The first-order valence-corrected chi connectivity index (χ1v) is 6.47. The molecule has 0 saturated heterocycles. The second-order valence-corrected chi connectivity index (χ2v) is 4.57. The Hall–Kier alpha value is -2.02. The predicted molar refractivity (Wildman–Crippen MR) is 72.9 cm³/mol. The summed E-state index contributed by atoms with van der Waals surface area (Å²) in [4.78, 5) is 5.77. The maximum absolute atomic E-state index is 12.5. The summed E-state index contributed by atoms with van der Waals surface area (Å²) in [6.07, 6.45) is -1.63. The number of imidazole rings is 1. The molecule has 0 unspecified atom stereocenters. The van der Waals surface area contributed by atoms with Gasteiger partial charge in [-0.2, -0.15) is 13.2 Å². The number of aromatic nitrogens is 2. The maximum atomic E-state index is 12.5. The predicted octanol–water partition coefficient (Wildman–Crippen LogP) is 2.44. The molecule has 2 aromatic rings. The van der Waals surface area contributed by atoms with Gasteiger partial charge in [-0.25, -0.2) is 4.98 Å². The van der Waals surface area contributed by atoms with Crippen LogP contribution in [0.4, 0.5) is 18.9 Å². The summed E-state index contributed by atoms with van der Waals surface area (Å²) in [5.74, 6) is 0.310. The van der Waals surface area contributed by atoms with Crippen LogP contribution in [0.3, 0.4) is 0 Å². The molecule has 0 fully saturated rings. The van der Waals surface area contributed by atoms with Gasteiger partial charge in [0.05, 0.1) is 13.2 Å². The number of anilines is 1. The highest BCUT2D eigenvalue weighted by molar-refractivity contribution is 5.46. The molecule has 0 saturated carbocycles. The molecule has 0 radical (unpaired) electrons. The lowest BCUT2D eigenvalue weighted by Gasteiger charge is -2.24. The number of aliphatic hydroxyl groups is 1. The minimum absolute atomic E-state index is 0.0884. The first-order valence-electron chi connectivity index (χ1n) is 6.47. The second kappa shape index (κ2) is 6.62. The van der Waals surface area contributed by atoms with E-state index < -0.39 is 12.7 Å². The Morgan fingerprint density at radius 1 is 1.19 bits per heavy atom. The fraction of sp³-hybridized carbons (Fsp3) is 0.357. The highest BCUT2D eigenvalue weighted by Crippen LogP contribution is 2.20. The zero-order chi connectivity index (χ0) is 15.3. The zero-order valence-corrected chi connectivity index (χ0v) is 11.3. The number of alkyl halides is 3. The van der Waals surface area contributed by atoms with Gasteiger partial charge in [0.2, 0.25) is 0 Å². The molecule has 0 bridgehead atoms. The van der Waals surface area contributed by atoms with Crippen molar-refractivity contribution in [2.45, 2.75) is 19.3 Å². The minimum atomic E-state index is -4.29. The van der Waals surface area contributed by atoms with Gasteiger partial charge in [0.25, 0.3) is 0 Å². The Labute approximate surface area is 120 Å². The molecule has 4 nitrogen and oxygen atoms in total. The van der Waals surface area contributed by atoms with Crippen molar-refractivity contribution in [2.75, 3.05) is 18.1 Å². The van der Waals surface area contributed by atoms with Crippen molar-refractivity contribution in [3.63, 3.8) is 0 Å². The third kappa shape index (κ3) is 4.49. The van der Waals surface area contributed by atoms with E-state index in [1.165, 1.54) is 12.4 Å². The summed E-state index contributed by atoms with van der Waals surface area (Å²) in [5, 5.41) is 9.13. The summed E-state index contributed by atoms with van der Waals surface area (Å²) in [6.45, 7) is -0.629. The number of benzene rings is 1. The molecule has 0 aliphatic carbocycles. The second-order valence-electron chi connectivity index (χ2n) is 4.57. The van der Waals surface area contributed by atoms with Crippen LogP contribution in [0.2, 0.25) is 0 Å². The Bertz CT molecular complexity index is 554. The fourth-order valence-electron chi connectivity index (χ4n) is 2.06. The average molecular weight is 299 g/mol. The van der Waals surface area contributed by atoms with Gasteiger partial charge in [-0.1, -0.05) is 18.2 Å². The molecular formula is C14H16F3N3O. The molecule has 1 aromatic carbocycles. The third-order valence-electron chi connectivity index (χ3n) is 2.97. The monoisotopic (exact) mass is 299 g/mol. The van der Waals surface area contributed by atoms with E-state index >= 15 is 0 Å². The molecule has 0 aliphatic heterocycles. The van der Waals surface area contributed by atoms with Crippen LogP contribution in [0.15, 0.2) is 42.7 Å². The largest absolute Gasteiger partial charge is 0.406 e. The molecule has 7 heteroatoms. The van der Waals surface area contributed by atoms with Crippen molar-refractivity contribution >= 4 is 5.69 Å². The van der Waals surface area contributed by atoms with E-state index in [0.29, 0.717) is 12.4 Å². The maximum Gasteiger partial charge on any atom is 0.406 e. The van der Waals surface area contributed by atoms with Gasteiger partial charge in [0, 0.05) is 24.6 Å². The molecule has 1 N–H and O–H groups in total. The standard InChI is InChI=1S/C14H16F3N3O/c15-14(16,17)11-20-7-6-18-13(20)10-19(8-9-21)12-4-2-1-3-5-12/h1-7,21H,8-11H2. The van der Waals surface area contributed by atoms with Crippen LogP contribution < -0.4 is 4.90 Å². The lowest BCUT2D eigenvalue weighted by molar-refractivity contribution is -0.141. The van der Waals surface area contributed by atoms with Gasteiger partial charge in [-0.3, -0.25) is 0 Å². The molecule has 0 atom stereocenters. The summed E-state index contributed by atoms with van der Waals surface area (Å²) in [6, 6.07) is 9.20. The number of para-hydroxylation sites is 1. The molecule has 1 aromatic heterocycles. The van der Waals surface area contributed by atoms with Crippen molar-refractivity contribution in [3.05, 3.63) is 48.5 Å². The first kappa shape index (κ1) is 15.4. The first-order chi connectivity index (χ1) is 9.99. The van der Waals surface area contributed by atoms with E-state index in [-0.39, 0.29) is 13.2 Å². The molecule has 21 heavy (non-hydrogen) atoms. The van der Waals surface area contributed by atoms with Crippen molar-refractivity contribution in [1.29, 1.82) is 0 Å². The van der Waals surface area contributed by atoms with Gasteiger partial charge in [-0.05, 0) is 12.1 Å². The van der Waals surface area contributed by atoms with Crippen LogP contribution in [0, 0.1) is 0 Å². The number of halogens is 3. The van der Waals surface area contributed by atoms with E-state index in [9.17, 15) is 13.2 Å². The minimum Gasteiger partial charge on any atom is -0.395 e. The molecule has 0 amide bonds. The van der Waals surface area contributed by atoms with E-state index in [0.717, 1.165) is 10.3 Å². The molecule has 2 rings (SSSR count). The van der Waals surface area contributed by atoms with Gasteiger partial charge in [0.1, 0.15) is 12.4 Å². The molecule has 114 valence electrons. The smallest absolute Gasteiger partial charge is 0.395 e. The third-order valence-corrected chi connectivity index (χ3v) is 2.97. The highest BCUT2D eigenvalue weighted by atomic mass is 19.4. The number of hydrogen-bond donors (Lipinski definition) is 1. The Kier molecular flexibility index (Phi) is 4.85. The van der Waals surface area contributed by atoms with Crippen LogP contribution in [0.1, 0.15) is 5.82 Å². The Balaban J connectivity index is 2.16. The lowest BCUT2D eigenvalue weighted by atomic mass is 10.3. The van der Waals surface area contributed by atoms with Crippen molar-refractivity contribution in [2.24, 2.45) is 0 Å². The van der Waals surface area contributed by atoms with Gasteiger partial charge < -0.3 is 14.6 Å². The summed E-state index contributed by atoms with van der Waals surface area (Å²) >= 11 is 0. The molecular weight excluding hydrogens is 283 g/mol. The van der Waals surface area contributed by atoms with Crippen LogP contribution >= 0.6 is 0 Å². The van der Waals surface area contributed by atoms with E-state index in [2.05, 4.69) is 4.98 Å². The van der Waals surface area contributed by atoms with Crippen molar-refractivity contribution in [1.82, 2.24) is 9.55 Å². The highest BCUT2D eigenvalue weighted by Gasteiger charge is 2.29. The number of rotatable bonds is 6. The fourth-order valence-corrected chi connectivity index (χ4v) is 2.06. The molecule has 1 heterocycles. The van der Waals surface area contributed by atoms with Crippen LogP contribution in [0.5, 0.6) is 0 Å². The summed E-state index contributed by atoms with van der Waals surface area (Å²) < 4.78 is 38.6.